The maximum atomic E-state index is 12.5. The molecule has 0 bridgehead atoms. The summed E-state index contributed by atoms with van der Waals surface area (Å²) in [5, 5.41) is 14.0. The Balaban J connectivity index is 1.81. The van der Waals surface area contributed by atoms with E-state index in [9.17, 15) is 14.4 Å². The Morgan fingerprint density at radius 3 is 2.47 bits per heavy atom. The van der Waals surface area contributed by atoms with E-state index in [4.69, 9.17) is 11.7 Å². The van der Waals surface area contributed by atoms with Crippen LogP contribution in [0, 0.1) is 23.7 Å². The number of para-hydroxylation sites is 1. The summed E-state index contributed by atoms with van der Waals surface area (Å²) in [7, 11) is 0. The van der Waals surface area contributed by atoms with Gasteiger partial charge in [0, 0.05) is 36.3 Å². The molecule has 0 aliphatic carbocycles. The predicted octanol–water partition coefficient (Wildman–Crippen LogP) is 2.45. The fourth-order valence-electron chi connectivity index (χ4n) is 2.68. The van der Waals surface area contributed by atoms with Gasteiger partial charge in [0.25, 0.3) is 0 Å². The van der Waals surface area contributed by atoms with Crippen molar-refractivity contribution in [1.82, 2.24) is 5.32 Å². The van der Waals surface area contributed by atoms with Crippen molar-refractivity contribution in [3.63, 3.8) is 0 Å². The molecule has 0 saturated carbocycles. The number of nitriles is 1. The topological polar surface area (TPSA) is 102 Å². The van der Waals surface area contributed by atoms with Gasteiger partial charge < -0.3 is 15.5 Å². The zero-order chi connectivity index (χ0) is 21.8. The molecule has 2 rings (SSSR count). The second-order valence-electron chi connectivity index (χ2n) is 6.34. The molecule has 0 heterocycles. The van der Waals surface area contributed by atoms with Crippen LogP contribution in [0.1, 0.15) is 24.8 Å². The van der Waals surface area contributed by atoms with E-state index in [-0.39, 0.29) is 38.3 Å². The van der Waals surface area contributed by atoms with E-state index >= 15 is 0 Å². The fraction of sp³-hybridized carbons (Fsp3) is 0.217. The minimum absolute atomic E-state index is 0.0298. The van der Waals surface area contributed by atoms with Crippen LogP contribution in [-0.2, 0) is 14.4 Å². The van der Waals surface area contributed by atoms with Crippen LogP contribution < -0.4 is 15.5 Å². The van der Waals surface area contributed by atoms with Crippen molar-refractivity contribution in [3.05, 3.63) is 60.2 Å². The summed E-state index contributed by atoms with van der Waals surface area (Å²) in [6.45, 7) is 0.0320. The van der Waals surface area contributed by atoms with Crippen LogP contribution in [0.25, 0.3) is 0 Å². The minimum Gasteiger partial charge on any atom is -0.347 e. The monoisotopic (exact) mass is 402 g/mol. The lowest BCUT2D eigenvalue weighted by Gasteiger charge is -2.21. The number of benzene rings is 2. The number of amides is 3. The van der Waals surface area contributed by atoms with E-state index in [1.165, 1.54) is 4.90 Å². The molecule has 3 amide bonds. The fourth-order valence-corrected chi connectivity index (χ4v) is 2.68. The van der Waals surface area contributed by atoms with Gasteiger partial charge in [-0.3, -0.25) is 14.4 Å². The summed E-state index contributed by atoms with van der Waals surface area (Å²) >= 11 is 0. The predicted molar refractivity (Wildman–Crippen MR) is 114 cm³/mol. The van der Waals surface area contributed by atoms with Gasteiger partial charge in [0.2, 0.25) is 17.7 Å². The molecule has 0 aliphatic heterocycles. The van der Waals surface area contributed by atoms with Crippen molar-refractivity contribution < 1.29 is 14.4 Å². The summed E-state index contributed by atoms with van der Waals surface area (Å²) in [4.78, 5) is 38.0. The lowest BCUT2D eigenvalue weighted by Crippen LogP contribution is -2.35. The summed E-state index contributed by atoms with van der Waals surface area (Å²) in [5.41, 5.74) is 1.84. The summed E-state index contributed by atoms with van der Waals surface area (Å²) in [5.74, 6) is 1.40. The van der Waals surface area contributed by atoms with Gasteiger partial charge in [-0.1, -0.05) is 30.2 Å². The molecule has 2 aromatic rings. The molecule has 0 unspecified atom stereocenters. The zero-order valence-corrected chi connectivity index (χ0v) is 16.4. The Morgan fingerprint density at radius 2 is 1.77 bits per heavy atom. The second kappa shape index (κ2) is 11.7. The summed E-state index contributed by atoms with van der Waals surface area (Å²) < 4.78 is 0. The van der Waals surface area contributed by atoms with Crippen molar-refractivity contribution in [3.8, 4) is 18.4 Å². The van der Waals surface area contributed by atoms with Crippen molar-refractivity contribution in [2.24, 2.45) is 0 Å². The third-order valence-electron chi connectivity index (χ3n) is 4.14. The van der Waals surface area contributed by atoms with Gasteiger partial charge in [0.05, 0.1) is 19.0 Å². The third-order valence-corrected chi connectivity index (χ3v) is 4.14. The zero-order valence-electron chi connectivity index (χ0n) is 16.4. The Labute approximate surface area is 175 Å². The second-order valence-corrected chi connectivity index (χ2v) is 6.34. The number of terminal acetylenes is 1. The maximum Gasteiger partial charge on any atom is 0.243 e. The third kappa shape index (κ3) is 7.14. The van der Waals surface area contributed by atoms with Gasteiger partial charge in [0.1, 0.15) is 0 Å². The largest absolute Gasteiger partial charge is 0.347 e. The Bertz CT molecular complexity index is 974. The number of anilines is 2. The van der Waals surface area contributed by atoms with Gasteiger partial charge in [0.15, 0.2) is 0 Å². The van der Waals surface area contributed by atoms with Gasteiger partial charge >= 0.3 is 0 Å². The van der Waals surface area contributed by atoms with Crippen molar-refractivity contribution in [2.45, 2.75) is 19.3 Å². The highest BCUT2D eigenvalue weighted by Crippen LogP contribution is 2.15. The highest BCUT2D eigenvalue weighted by Gasteiger charge is 2.17. The highest BCUT2D eigenvalue weighted by molar-refractivity contribution is 5.97. The van der Waals surface area contributed by atoms with Crippen LogP contribution in [0.5, 0.6) is 0 Å². The van der Waals surface area contributed by atoms with E-state index in [1.807, 2.05) is 12.1 Å². The lowest BCUT2D eigenvalue weighted by atomic mass is 10.2. The quantitative estimate of drug-likeness (QED) is 0.629. The van der Waals surface area contributed by atoms with Crippen LogP contribution in [-0.4, -0.2) is 30.8 Å². The molecule has 0 saturated heterocycles. The first-order valence-corrected chi connectivity index (χ1v) is 9.39. The minimum atomic E-state index is -0.413. The molecule has 2 N–H and O–H groups in total. The SMILES string of the molecule is C#Cc1cccc(NC(=O)CNC(=O)CCC(=O)N(CCC#N)c2ccccc2)c1. The standard InChI is InChI=1S/C23H22N4O3/c1-2-18-8-6-9-19(16-18)26-22(29)17-25-21(28)12-13-23(30)27(15-7-14-24)20-10-4-3-5-11-20/h1,3-6,8-11,16H,7,12-13,15,17H2,(H,25,28)(H,26,29). The molecule has 0 atom stereocenters. The summed E-state index contributed by atoms with van der Waals surface area (Å²) in [6, 6.07) is 17.8. The van der Waals surface area contributed by atoms with Crippen molar-refractivity contribution in [1.29, 1.82) is 5.26 Å². The summed E-state index contributed by atoms with van der Waals surface area (Å²) in [6.07, 6.45) is 5.42. The van der Waals surface area contributed by atoms with Crippen molar-refractivity contribution in [2.75, 3.05) is 23.3 Å². The van der Waals surface area contributed by atoms with E-state index in [2.05, 4.69) is 16.6 Å². The van der Waals surface area contributed by atoms with Crippen LogP contribution >= 0.6 is 0 Å². The molecule has 7 nitrogen and oxygen atoms in total. The number of carbonyl (C=O) groups excluding carboxylic acids is 3. The van der Waals surface area contributed by atoms with Gasteiger partial charge in [-0.05, 0) is 30.3 Å². The molecular weight excluding hydrogens is 380 g/mol. The highest BCUT2D eigenvalue weighted by atomic mass is 16.2. The van der Waals surface area contributed by atoms with E-state index in [1.54, 1.807) is 48.5 Å². The maximum absolute atomic E-state index is 12.5. The Kier molecular flexibility index (Phi) is 8.64. The molecule has 2 aromatic carbocycles. The van der Waals surface area contributed by atoms with E-state index < -0.39 is 11.8 Å². The number of nitrogens with one attached hydrogen (secondary N) is 2. The first-order valence-electron chi connectivity index (χ1n) is 9.39. The number of carbonyl (C=O) groups is 3. The number of hydrogen-bond acceptors (Lipinski definition) is 4. The Morgan fingerprint density at radius 1 is 1.00 bits per heavy atom. The van der Waals surface area contributed by atoms with Crippen LogP contribution in [0.2, 0.25) is 0 Å². The lowest BCUT2D eigenvalue weighted by molar-refractivity contribution is -0.126. The van der Waals surface area contributed by atoms with Crippen LogP contribution in [0.4, 0.5) is 11.4 Å². The molecule has 30 heavy (non-hydrogen) atoms. The molecule has 0 aromatic heterocycles. The molecule has 0 radical (unpaired) electrons. The molecule has 152 valence electrons. The average Bonchev–Trinajstić information content (AvgIpc) is 2.77. The number of hydrogen-bond donors (Lipinski definition) is 2. The van der Waals surface area contributed by atoms with Gasteiger partial charge in [-0.15, -0.1) is 6.42 Å². The molecular formula is C23H22N4O3. The first-order chi connectivity index (χ1) is 14.5. The first kappa shape index (κ1) is 22.2. The molecule has 0 fully saturated rings. The van der Waals surface area contributed by atoms with E-state index in [0.29, 0.717) is 16.9 Å². The van der Waals surface area contributed by atoms with Gasteiger partial charge in [-0.2, -0.15) is 5.26 Å². The molecule has 0 spiro atoms. The van der Waals surface area contributed by atoms with Gasteiger partial charge in [-0.25, -0.2) is 0 Å². The average molecular weight is 402 g/mol. The van der Waals surface area contributed by atoms with E-state index in [0.717, 1.165) is 0 Å². The van der Waals surface area contributed by atoms with Crippen LogP contribution in [0.3, 0.4) is 0 Å². The van der Waals surface area contributed by atoms with Crippen molar-refractivity contribution >= 4 is 29.1 Å². The Hall–Kier alpha value is -4.10. The molecule has 0 aliphatic rings. The number of rotatable bonds is 9. The number of nitrogens with zero attached hydrogens (tertiary/aromatic N) is 2. The smallest absolute Gasteiger partial charge is 0.243 e. The van der Waals surface area contributed by atoms with Crippen LogP contribution in [0.15, 0.2) is 54.6 Å². The molecule has 7 heteroatoms. The normalized spacial score (nSPS) is 9.67.